The minimum atomic E-state index is -0.908. The van der Waals surface area contributed by atoms with Crippen molar-refractivity contribution in [1.29, 1.82) is 0 Å². The average molecular weight is 274 g/mol. The Bertz CT molecular complexity index is 642. The van der Waals surface area contributed by atoms with Gasteiger partial charge in [0.15, 0.2) is 0 Å². The molecule has 0 radical (unpaired) electrons. The van der Waals surface area contributed by atoms with Gasteiger partial charge in [0.05, 0.1) is 22.7 Å². The summed E-state index contributed by atoms with van der Waals surface area (Å²) < 4.78 is 7.63. The minimum absolute atomic E-state index is 0.295. The Balaban J connectivity index is 1.95. The summed E-state index contributed by atoms with van der Waals surface area (Å²) in [6.45, 7) is 3.51. The second-order valence-corrected chi connectivity index (χ2v) is 5.21. The lowest BCUT2D eigenvalue weighted by Crippen LogP contribution is -2.12. The van der Waals surface area contributed by atoms with Gasteiger partial charge in [-0.1, -0.05) is 6.07 Å². The Labute approximate surface area is 117 Å². The van der Waals surface area contributed by atoms with E-state index in [1.807, 2.05) is 17.6 Å². The van der Waals surface area contributed by atoms with Crippen molar-refractivity contribution in [1.82, 2.24) is 9.55 Å². The fraction of sp³-hybridized carbons (Fsp3) is 0.467. The number of fused-ring (bicyclic) bond motifs is 1. The van der Waals surface area contributed by atoms with Gasteiger partial charge < -0.3 is 14.4 Å². The number of hydrogen-bond donors (Lipinski definition) is 1. The van der Waals surface area contributed by atoms with Gasteiger partial charge in [0.2, 0.25) is 0 Å². The smallest absolute Gasteiger partial charge is 0.337 e. The average Bonchev–Trinajstić information content (AvgIpc) is 3.02. The van der Waals surface area contributed by atoms with E-state index in [1.165, 1.54) is 0 Å². The summed E-state index contributed by atoms with van der Waals surface area (Å²) in [6, 6.07) is 5.23. The third-order valence-electron chi connectivity index (χ3n) is 3.89. The number of benzene rings is 1. The van der Waals surface area contributed by atoms with Crippen molar-refractivity contribution in [2.75, 3.05) is 6.61 Å². The van der Waals surface area contributed by atoms with Gasteiger partial charge in [0.25, 0.3) is 0 Å². The van der Waals surface area contributed by atoms with Crippen LogP contribution in [0.1, 0.15) is 35.4 Å². The van der Waals surface area contributed by atoms with Crippen LogP contribution in [0.15, 0.2) is 18.2 Å². The molecule has 1 aromatic heterocycles. The Hall–Kier alpha value is -1.88. The van der Waals surface area contributed by atoms with E-state index in [1.54, 1.807) is 12.1 Å². The van der Waals surface area contributed by atoms with Gasteiger partial charge in [-0.2, -0.15) is 0 Å². The van der Waals surface area contributed by atoms with Gasteiger partial charge in [0.1, 0.15) is 5.82 Å². The number of imidazole rings is 1. The molecule has 2 heterocycles. The number of rotatable bonds is 4. The molecule has 1 aromatic carbocycles. The topological polar surface area (TPSA) is 64.3 Å². The molecule has 0 spiro atoms. The lowest BCUT2D eigenvalue weighted by atomic mass is 10.1. The van der Waals surface area contributed by atoms with Gasteiger partial charge in [-0.15, -0.1) is 0 Å². The minimum Gasteiger partial charge on any atom is -0.478 e. The molecule has 5 nitrogen and oxygen atoms in total. The van der Waals surface area contributed by atoms with Gasteiger partial charge >= 0.3 is 5.97 Å². The van der Waals surface area contributed by atoms with Crippen LogP contribution in [0.5, 0.6) is 0 Å². The predicted octanol–water partition coefficient (Wildman–Crippen LogP) is 2.61. The Morgan fingerprint density at radius 1 is 1.55 bits per heavy atom. The zero-order valence-corrected chi connectivity index (χ0v) is 11.5. The van der Waals surface area contributed by atoms with E-state index < -0.39 is 5.97 Å². The molecular formula is C15H18N2O3. The fourth-order valence-electron chi connectivity index (χ4n) is 2.89. The zero-order chi connectivity index (χ0) is 14.1. The highest BCUT2D eigenvalue weighted by Crippen LogP contribution is 2.23. The Morgan fingerprint density at radius 2 is 2.40 bits per heavy atom. The molecule has 1 N–H and O–H groups in total. The molecule has 1 atom stereocenters. The quantitative estimate of drug-likeness (QED) is 0.930. The van der Waals surface area contributed by atoms with Crippen LogP contribution in [0.2, 0.25) is 0 Å². The van der Waals surface area contributed by atoms with E-state index in [4.69, 9.17) is 4.74 Å². The normalized spacial score (nSPS) is 18.8. The highest BCUT2D eigenvalue weighted by Gasteiger charge is 2.19. The molecule has 106 valence electrons. The van der Waals surface area contributed by atoms with Crippen LogP contribution in [-0.4, -0.2) is 33.3 Å². The number of carbonyl (C=O) groups is 1. The largest absolute Gasteiger partial charge is 0.478 e. The number of aromatic nitrogens is 2. The SMILES string of the molecule is Cc1nc2cccc(C(=O)O)c2n1CCC1CCCO1. The van der Waals surface area contributed by atoms with E-state index in [-0.39, 0.29) is 0 Å². The lowest BCUT2D eigenvalue weighted by molar-refractivity contribution is 0.0698. The van der Waals surface area contributed by atoms with Gasteiger partial charge in [-0.25, -0.2) is 9.78 Å². The first kappa shape index (κ1) is 13.1. The molecule has 1 aliphatic rings. The highest BCUT2D eigenvalue weighted by molar-refractivity contribution is 6.01. The van der Waals surface area contributed by atoms with Crippen molar-refractivity contribution in [3.05, 3.63) is 29.6 Å². The number of carboxylic acid groups (broad SMARTS) is 1. The van der Waals surface area contributed by atoms with E-state index >= 15 is 0 Å². The van der Waals surface area contributed by atoms with E-state index in [0.29, 0.717) is 11.7 Å². The first-order chi connectivity index (χ1) is 9.66. The summed E-state index contributed by atoms with van der Waals surface area (Å²) in [7, 11) is 0. The maximum Gasteiger partial charge on any atom is 0.337 e. The Morgan fingerprint density at radius 3 is 3.10 bits per heavy atom. The summed E-state index contributed by atoms with van der Waals surface area (Å²) in [5.41, 5.74) is 1.78. The second kappa shape index (κ2) is 5.25. The van der Waals surface area contributed by atoms with Crippen LogP contribution in [0.4, 0.5) is 0 Å². The molecule has 1 fully saturated rings. The highest BCUT2D eigenvalue weighted by atomic mass is 16.5. The van der Waals surface area contributed by atoms with Crippen molar-refractivity contribution < 1.29 is 14.6 Å². The van der Waals surface area contributed by atoms with Gasteiger partial charge in [-0.3, -0.25) is 0 Å². The molecule has 0 aliphatic carbocycles. The zero-order valence-electron chi connectivity index (χ0n) is 11.5. The lowest BCUT2D eigenvalue weighted by Gasteiger charge is -2.12. The monoisotopic (exact) mass is 274 g/mol. The second-order valence-electron chi connectivity index (χ2n) is 5.21. The summed E-state index contributed by atoms with van der Waals surface area (Å²) in [5, 5.41) is 9.33. The molecule has 1 aliphatic heterocycles. The molecule has 0 saturated carbocycles. The molecule has 1 saturated heterocycles. The number of aryl methyl sites for hydroxylation is 2. The standard InChI is InChI=1S/C15H18N2O3/c1-10-16-13-6-2-5-12(15(18)19)14(13)17(10)8-7-11-4-3-9-20-11/h2,5-6,11H,3-4,7-9H2,1H3,(H,18,19). The fourth-order valence-corrected chi connectivity index (χ4v) is 2.89. The molecule has 0 bridgehead atoms. The van der Waals surface area contributed by atoms with E-state index in [9.17, 15) is 9.90 Å². The third-order valence-corrected chi connectivity index (χ3v) is 3.89. The van der Waals surface area contributed by atoms with Crippen molar-refractivity contribution in [3.63, 3.8) is 0 Å². The van der Waals surface area contributed by atoms with E-state index in [0.717, 1.165) is 49.3 Å². The maximum atomic E-state index is 11.4. The van der Waals surface area contributed by atoms with Crippen LogP contribution in [0.25, 0.3) is 11.0 Å². The number of aromatic carboxylic acids is 1. The maximum absolute atomic E-state index is 11.4. The number of nitrogens with zero attached hydrogens (tertiary/aromatic N) is 2. The molecule has 0 amide bonds. The van der Waals surface area contributed by atoms with Gasteiger partial charge in [0, 0.05) is 13.2 Å². The summed E-state index contributed by atoms with van der Waals surface area (Å²) in [5.74, 6) is -0.0550. The van der Waals surface area contributed by atoms with Crippen molar-refractivity contribution in [2.24, 2.45) is 0 Å². The molecule has 20 heavy (non-hydrogen) atoms. The number of hydrogen-bond acceptors (Lipinski definition) is 3. The Kier molecular flexibility index (Phi) is 3.44. The van der Waals surface area contributed by atoms with Crippen molar-refractivity contribution >= 4 is 17.0 Å². The summed E-state index contributed by atoms with van der Waals surface area (Å²) in [4.78, 5) is 15.8. The first-order valence-corrected chi connectivity index (χ1v) is 6.97. The van der Waals surface area contributed by atoms with E-state index in [2.05, 4.69) is 4.98 Å². The van der Waals surface area contributed by atoms with Crippen LogP contribution < -0.4 is 0 Å². The molecule has 2 aromatic rings. The number of ether oxygens (including phenoxy) is 1. The molecule has 5 heteroatoms. The van der Waals surface area contributed by atoms with Gasteiger partial charge in [-0.05, 0) is 38.3 Å². The predicted molar refractivity (Wildman–Crippen MR) is 75.0 cm³/mol. The van der Waals surface area contributed by atoms with Crippen molar-refractivity contribution in [2.45, 2.75) is 38.8 Å². The molecular weight excluding hydrogens is 256 g/mol. The van der Waals surface area contributed by atoms with Crippen LogP contribution >= 0.6 is 0 Å². The third kappa shape index (κ3) is 2.29. The summed E-state index contributed by atoms with van der Waals surface area (Å²) in [6.07, 6.45) is 3.41. The number of para-hydroxylation sites is 1. The number of carboxylic acids is 1. The van der Waals surface area contributed by atoms with Crippen LogP contribution in [0, 0.1) is 6.92 Å². The first-order valence-electron chi connectivity index (χ1n) is 6.97. The summed E-state index contributed by atoms with van der Waals surface area (Å²) >= 11 is 0. The van der Waals surface area contributed by atoms with Crippen LogP contribution in [-0.2, 0) is 11.3 Å². The molecule has 1 unspecified atom stereocenters. The van der Waals surface area contributed by atoms with Crippen LogP contribution in [0.3, 0.4) is 0 Å². The van der Waals surface area contributed by atoms with Crippen molar-refractivity contribution in [3.8, 4) is 0 Å². The molecule has 3 rings (SSSR count).